The number of nitrogens with two attached hydrogens (primary N) is 1. The fourth-order valence-corrected chi connectivity index (χ4v) is 3.81. The third-order valence-electron chi connectivity index (χ3n) is 4.88. The van der Waals surface area contributed by atoms with Crippen LogP contribution in [0.4, 0.5) is 10.3 Å². The quantitative estimate of drug-likeness (QED) is 0.838. The van der Waals surface area contributed by atoms with Gasteiger partial charge in [-0.05, 0) is 42.9 Å². The third kappa shape index (κ3) is 1.88. The smallest absolute Gasteiger partial charge is 0.203 e. The van der Waals surface area contributed by atoms with Crippen molar-refractivity contribution in [3.05, 3.63) is 24.0 Å². The zero-order valence-corrected chi connectivity index (χ0v) is 11.3. The Hall–Kier alpha value is -1.62. The van der Waals surface area contributed by atoms with Crippen molar-refractivity contribution in [2.75, 3.05) is 18.0 Å². The first-order chi connectivity index (χ1) is 9.70. The van der Waals surface area contributed by atoms with E-state index >= 15 is 0 Å². The van der Waals surface area contributed by atoms with Gasteiger partial charge in [-0.1, -0.05) is 6.42 Å². The minimum absolute atomic E-state index is 0.232. The summed E-state index contributed by atoms with van der Waals surface area (Å²) in [5.74, 6) is 1.88. The average Bonchev–Trinajstić information content (AvgIpc) is 3.01. The number of halogens is 1. The summed E-state index contributed by atoms with van der Waals surface area (Å²) in [4.78, 5) is 10.1. The Morgan fingerprint density at radius 2 is 2.20 bits per heavy atom. The molecule has 3 unspecified atom stereocenters. The molecule has 2 aromatic rings. The summed E-state index contributed by atoms with van der Waals surface area (Å²) in [6.45, 7) is 1.98. The molecule has 0 bridgehead atoms. The van der Waals surface area contributed by atoms with Gasteiger partial charge in [-0.25, -0.2) is 9.37 Å². The topological polar surface area (TPSA) is 57.9 Å². The van der Waals surface area contributed by atoms with Crippen molar-refractivity contribution in [2.24, 2.45) is 17.6 Å². The van der Waals surface area contributed by atoms with Crippen molar-refractivity contribution in [1.82, 2.24) is 9.97 Å². The molecule has 5 heteroatoms. The van der Waals surface area contributed by atoms with E-state index in [-0.39, 0.29) is 5.82 Å². The van der Waals surface area contributed by atoms with E-state index in [1.807, 2.05) is 0 Å². The summed E-state index contributed by atoms with van der Waals surface area (Å²) in [6.07, 6.45) is 3.64. The van der Waals surface area contributed by atoms with Crippen LogP contribution in [-0.2, 0) is 0 Å². The summed E-state index contributed by atoms with van der Waals surface area (Å²) in [6, 6.07) is 4.99. The van der Waals surface area contributed by atoms with Crippen molar-refractivity contribution in [3.63, 3.8) is 0 Å². The Bertz CT molecular complexity index is 638. The maximum Gasteiger partial charge on any atom is 0.203 e. The first-order valence-corrected chi connectivity index (χ1v) is 7.36. The van der Waals surface area contributed by atoms with E-state index in [9.17, 15) is 4.39 Å². The zero-order chi connectivity index (χ0) is 13.7. The van der Waals surface area contributed by atoms with Gasteiger partial charge in [0, 0.05) is 19.1 Å². The number of nitrogens with one attached hydrogen (secondary N) is 1. The van der Waals surface area contributed by atoms with E-state index in [2.05, 4.69) is 14.9 Å². The van der Waals surface area contributed by atoms with Crippen LogP contribution in [0, 0.1) is 17.7 Å². The molecule has 1 saturated carbocycles. The lowest BCUT2D eigenvalue weighted by atomic mass is 9.78. The van der Waals surface area contributed by atoms with E-state index < -0.39 is 0 Å². The van der Waals surface area contributed by atoms with Crippen LogP contribution >= 0.6 is 0 Å². The van der Waals surface area contributed by atoms with Crippen LogP contribution in [0.5, 0.6) is 0 Å². The highest BCUT2D eigenvalue weighted by Gasteiger charge is 2.39. The lowest BCUT2D eigenvalue weighted by Crippen LogP contribution is -2.38. The van der Waals surface area contributed by atoms with E-state index in [0.29, 0.717) is 17.9 Å². The molecule has 1 aromatic heterocycles. The van der Waals surface area contributed by atoms with E-state index in [1.165, 1.54) is 25.0 Å². The van der Waals surface area contributed by atoms with Gasteiger partial charge < -0.3 is 15.6 Å². The zero-order valence-electron chi connectivity index (χ0n) is 11.3. The molecule has 4 rings (SSSR count). The molecule has 1 aliphatic heterocycles. The van der Waals surface area contributed by atoms with Gasteiger partial charge in [0.2, 0.25) is 5.95 Å². The number of benzene rings is 1. The number of hydrogen-bond acceptors (Lipinski definition) is 3. The van der Waals surface area contributed by atoms with E-state index in [1.54, 1.807) is 6.07 Å². The van der Waals surface area contributed by atoms with Gasteiger partial charge in [-0.2, -0.15) is 0 Å². The molecule has 2 fully saturated rings. The number of hydrogen-bond donors (Lipinski definition) is 2. The molecular weight excluding hydrogens is 255 g/mol. The molecular formula is C15H19FN4. The largest absolute Gasteiger partial charge is 0.342 e. The number of rotatable bonds is 1. The monoisotopic (exact) mass is 274 g/mol. The molecule has 1 saturated heterocycles. The number of aromatic nitrogens is 2. The maximum absolute atomic E-state index is 13.2. The lowest BCUT2D eigenvalue weighted by Gasteiger charge is -2.29. The van der Waals surface area contributed by atoms with Gasteiger partial charge in [0.15, 0.2) is 0 Å². The Balaban J connectivity index is 1.63. The summed E-state index contributed by atoms with van der Waals surface area (Å²) in [7, 11) is 0. The minimum atomic E-state index is -0.232. The minimum Gasteiger partial charge on any atom is -0.342 e. The molecule has 0 amide bonds. The molecule has 20 heavy (non-hydrogen) atoms. The lowest BCUT2D eigenvalue weighted by molar-refractivity contribution is 0.260. The Morgan fingerprint density at radius 1 is 1.30 bits per heavy atom. The number of H-pyrrole nitrogens is 1. The van der Waals surface area contributed by atoms with Gasteiger partial charge in [0.25, 0.3) is 0 Å². The Labute approximate surface area is 117 Å². The molecule has 4 nitrogen and oxygen atoms in total. The highest BCUT2D eigenvalue weighted by Crippen LogP contribution is 2.37. The number of nitrogens with zero attached hydrogens (tertiary/aromatic N) is 2. The molecule has 3 N–H and O–H groups in total. The van der Waals surface area contributed by atoms with Crippen molar-refractivity contribution in [2.45, 2.75) is 25.3 Å². The number of fused-ring (bicyclic) bond motifs is 2. The Morgan fingerprint density at radius 3 is 3.05 bits per heavy atom. The molecule has 1 aliphatic carbocycles. The second kappa shape index (κ2) is 4.45. The molecule has 0 spiro atoms. The summed E-state index contributed by atoms with van der Waals surface area (Å²) in [5, 5.41) is 0. The van der Waals surface area contributed by atoms with Crippen molar-refractivity contribution in [1.29, 1.82) is 0 Å². The summed E-state index contributed by atoms with van der Waals surface area (Å²) in [5.41, 5.74) is 7.83. The predicted octanol–water partition coefficient (Wildman–Crippen LogP) is 2.27. The van der Waals surface area contributed by atoms with Gasteiger partial charge in [-0.15, -0.1) is 0 Å². The standard InChI is InChI=1S/C15H19FN4/c16-10-4-5-13-14(6-10)19-15(18-13)20-7-9-2-1-3-12(17)11(9)8-20/h4-6,9,11-12H,1-3,7-8,17H2,(H,18,19). The van der Waals surface area contributed by atoms with Crippen LogP contribution in [0.3, 0.4) is 0 Å². The van der Waals surface area contributed by atoms with E-state index in [0.717, 1.165) is 36.5 Å². The van der Waals surface area contributed by atoms with Crippen molar-refractivity contribution < 1.29 is 4.39 Å². The average molecular weight is 274 g/mol. The number of aromatic amines is 1. The van der Waals surface area contributed by atoms with Crippen LogP contribution in [-0.4, -0.2) is 29.1 Å². The highest BCUT2D eigenvalue weighted by molar-refractivity contribution is 5.77. The van der Waals surface area contributed by atoms with Crippen LogP contribution in [0.2, 0.25) is 0 Å². The van der Waals surface area contributed by atoms with Gasteiger partial charge in [-0.3, -0.25) is 0 Å². The molecule has 0 radical (unpaired) electrons. The summed E-state index contributed by atoms with van der Waals surface area (Å²) < 4.78 is 13.2. The van der Waals surface area contributed by atoms with Gasteiger partial charge in [0.1, 0.15) is 5.82 Å². The fraction of sp³-hybridized carbons (Fsp3) is 0.533. The van der Waals surface area contributed by atoms with Crippen molar-refractivity contribution >= 4 is 17.0 Å². The first-order valence-electron chi connectivity index (χ1n) is 7.36. The molecule has 3 atom stereocenters. The molecule has 2 heterocycles. The molecule has 2 aliphatic rings. The normalized spacial score (nSPS) is 29.9. The first kappa shape index (κ1) is 12.1. The fourth-order valence-electron chi connectivity index (χ4n) is 3.81. The van der Waals surface area contributed by atoms with Gasteiger partial charge >= 0.3 is 0 Å². The second-order valence-electron chi connectivity index (χ2n) is 6.15. The third-order valence-corrected chi connectivity index (χ3v) is 4.88. The van der Waals surface area contributed by atoms with Crippen molar-refractivity contribution in [3.8, 4) is 0 Å². The van der Waals surface area contributed by atoms with Crippen LogP contribution in [0.1, 0.15) is 19.3 Å². The summed E-state index contributed by atoms with van der Waals surface area (Å²) >= 11 is 0. The van der Waals surface area contributed by atoms with Crippen LogP contribution in [0.25, 0.3) is 11.0 Å². The van der Waals surface area contributed by atoms with Crippen LogP contribution < -0.4 is 10.6 Å². The number of imidazole rings is 1. The van der Waals surface area contributed by atoms with E-state index in [4.69, 9.17) is 5.73 Å². The SMILES string of the molecule is NC1CCCC2CN(c3nc4ccc(F)cc4[nH]3)CC12. The Kier molecular flexibility index (Phi) is 2.70. The maximum atomic E-state index is 13.2. The number of anilines is 1. The molecule has 1 aromatic carbocycles. The molecule has 106 valence electrons. The van der Waals surface area contributed by atoms with Gasteiger partial charge in [0.05, 0.1) is 11.0 Å². The highest BCUT2D eigenvalue weighted by atomic mass is 19.1. The van der Waals surface area contributed by atoms with Crippen LogP contribution in [0.15, 0.2) is 18.2 Å². The second-order valence-corrected chi connectivity index (χ2v) is 6.15. The predicted molar refractivity (Wildman–Crippen MR) is 77.1 cm³/mol.